The molecule has 182 valence electrons. The van der Waals surface area contributed by atoms with Crippen LogP contribution in [0.1, 0.15) is 28.8 Å². The zero-order valence-electron chi connectivity index (χ0n) is 19.9. The van der Waals surface area contributed by atoms with Crippen molar-refractivity contribution in [2.24, 2.45) is 0 Å². The van der Waals surface area contributed by atoms with Crippen LogP contribution in [0.2, 0.25) is 0 Å². The minimum Gasteiger partial charge on any atom is -0.490 e. The summed E-state index contributed by atoms with van der Waals surface area (Å²) >= 11 is 0. The highest BCUT2D eigenvalue weighted by molar-refractivity contribution is 5.94. The molecule has 2 aliphatic rings. The number of amides is 1. The number of likely N-dealkylation sites (tertiary alicyclic amines) is 1. The van der Waals surface area contributed by atoms with Crippen molar-refractivity contribution in [3.63, 3.8) is 0 Å². The van der Waals surface area contributed by atoms with Crippen LogP contribution in [0.15, 0.2) is 73.1 Å². The van der Waals surface area contributed by atoms with E-state index in [1.807, 2.05) is 29.2 Å². The highest BCUT2D eigenvalue weighted by Crippen LogP contribution is 2.23. The van der Waals surface area contributed by atoms with Gasteiger partial charge in [-0.3, -0.25) is 14.7 Å². The largest absolute Gasteiger partial charge is 0.490 e. The number of rotatable bonds is 6. The predicted molar refractivity (Wildman–Crippen MR) is 134 cm³/mol. The lowest BCUT2D eigenvalue weighted by atomic mass is 10.1. The maximum absolute atomic E-state index is 14.1. The molecule has 0 spiro atoms. The Morgan fingerprint density at radius 1 is 0.886 bits per heavy atom. The number of nitrogens with zero attached hydrogens (tertiary/aromatic N) is 4. The SMILES string of the molecule is O=C(c1ccncc1)N1CCC(Oc2ccc(CN3CCN(c4ccccc4F)CC3)cc2)CC1. The van der Waals surface area contributed by atoms with Gasteiger partial charge >= 0.3 is 0 Å². The molecule has 1 aromatic heterocycles. The number of hydrogen-bond acceptors (Lipinski definition) is 5. The molecular weight excluding hydrogens is 443 g/mol. The lowest BCUT2D eigenvalue weighted by Crippen LogP contribution is -2.46. The summed E-state index contributed by atoms with van der Waals surface area (Å²) in [5, 5.41) is 0. The zero-order chi connectivity index (χ0) is 24.0. The predicted octanol–water partition coefficient (Wildman–Crippen LogP) is 4.23. The molecule has 0 bridgehead atoms. The number of anilines is 1. The van der Waals surface area contributed by atoms with Gasteiger partial charge < -0.3 is 14.5 Å². The summed E-state index contributed by atoms with van der Waals surface area (Å²) in [7, 11) is 0. The summed E-state index contributed by atoms with van der Waals surface area (Å²) in [5.74, 6) is 0.782. The van der Waals surface area contributed by atoms with Crippen LogP contribution in [-0.4, -0.2) is 66.1 Å². The standard InChI is InChI=1S/C28H31FN4O2/c29-26-3-1-2-4-27(26)32-19-17-31(18-20-32)21-22-5-7-24(8-6-22)35-25-11-15-33(16-12-25)28(34)23-9-13-30-14-10-23/h1-10,13-14,25H,11-12,15-21H2. The lowest BCUT2D eigenvalue weighted by Gasteiger charge is -2.36. The van der Waals surface area contributed by atoms with Crippen LogP contribution in [-0.2, 0) is 6.54 Å². The van der Waals surface area contributed by atoms with Crippen molar-refractivity contribution in [1.29, 1.82) is 0 Å². The summed E-state index contributed by atoms with van der Waals surface area (Å²) in [5.41, 5.74) is 2.62. The Hall–Kier alpha value is -3.45. The number of hydrogen-bond donors (Lipinski definition) is 0. The van der Waals surface area contributed by atoms with Gasteiger partial charge in [0, 0.05) is 76.6 Å². The molecule has 7 heteroatoms. The molecule has 0 atom stereocenters. The Bertz CT molecular complexity index is 1110. The first kappa shape index (κ1) is 23.3. The van der Waals surface area contributed by atoms with Gasteiger partial charge in [-0.05, 0) is 42.0 Å². The summed E-state index contributed by atoms with van der Waals surface area (Å²) in [4.78, 5) is 23.0. The number of pyridine rings is 1. The molecule has 0 saturated carbocycles. The molecule has 0 N–H and O–H groups in total. The minimum atomic E-state index is -0.150. The Morgan fingerprint density at radius 2 is 1.57 bits per heavy atom. The lowest BCUT2D eigenvalue weighted by molar-refractivity contribution is 0.0595. The second-order valence-corrected chi connectivity index (χ2v) is 9.20. The van der Waals surface area contributed by atoms with Crippen LogP contribution in [0.5, 0.6) is 5.75 Å². The molecule has 35 heavy (non-hydrogen) atoms. The number of halogens is 1. The van der Waals surface area contributed by atoms with E-state index in [-0.39, 0.29) is 17.8 Å². The summed E-state index contributed by atoms with van der Waals surface area (Å²) < 4.78 is 20.3. The van der Waals surface area contributed by atoms with Gasteiger partial charge in [0.15, 0.2) is 0 Å². The number of ether oxygens (including phenoxy) is 1. The van der Waals surface area contributed by atoms with Crippen molar-refractivity contribution in [3.05, 3.63) is 90.0 Å². The maximum Gasteiger partial charge on any atom is 0.253 e. The smallest absolute Gasteiger partial charge is 0.253 e. The van der Waals surface area contributed by atoms with E-state index < -0.39 is 0 Å². The molecule has 6 nitrogen and oxygen atoms in total. The third-order valence-electron chi connectivity index (χ3n) is 6.85. The molecule has 2 aliphatic heterocycles. The fourth-order valence-corrected chi connectivity index (χ4v) is 4.83. The number of piperazine rings is 1. The van der Waals surface area contributed by atoms with E-state index in [1.165, 1.54) is 11.6 Å². The molecular formula is C28H31FN4O2. The third kappa shape index (κ3) is 5.80. The molecule has 2 fully saturated rings. The van der Waals surface area contributed by atoms with Gasteiger partial charge in [-0.25, -0.2) is 4.39 Å². The van der Waals surface area contributed by atoms with Crippen LogP contribution in [0.3, 0.4) is 0 Å². The fourth-order valence-electron chi connectivity index (χ4n) is 4.83. The first-order valence-corrected chi connectivity index (χ1v) is 12.3. The molecule has 2 saturated heterocycles. The highest BCUT2D eigenvalue weighted by atomic mass is 19.1. The topological polar surface area (TPSA) is 48.9 Å². The second-order valence-electron chi connectivity index (χ2n) is 9.20. The van der Waals surface area contributed by atoms with Crippen molar-refractivity contribution >= 4 is 11.6 Å². The van der Waals surface area contributed by atoms with Crippen molar-refractivity contribution in [2.45, 2.75) is 25.5 Å². The van der Waals surface area contributed by atoms with Crippen molar-refractivity contribution in [1.82, 2.24) is 14.8 Å². The molecule has 0 unspecified atom stereocenters. The minimum absolute atomic E-state index is 0.0601. The summed E-state index contributed by atoms with van der Waals surface area (Å²) in [6, 6.07) is 18.9. The number of para-hydroxylation sites is 1. The van der Waals surface area contributed by atoms with Gasteiger partial charge in [0.25, 0.3) is 5.91 Å². The first-order chi connectivity index (χ1) is 17.2. The zero-order valence-corrected chi connectivity index (χ0v) is 19.9. The van der Waals surface area contributed by atoms with E-state index in [2.05, 4.69) is 26.9 Å². The van der Waals surface area contributed by atoms with Crippen molar-refractivity contribution in [3.8, 4) is 5.75 Å². The second kappa shape index (κ2) is 10.9. The third-order valence-corrected chi connectivity index (χ3v) is 6.85. The number of aromatic nitrogens is 1. The maximum atomic E-state index is 14.1. The van der Waals surface area contributed by atoms with Gasteiger partial charge in [0.1, 0.15) is 17.7 Å². The molecule has 5 rings (SSSR count). The van der Waals surface area contributed by atoms with E-state index in [9.17, 15) is 9.18 Å². The number of benzene rings is 2. The molecule has 0 aliphatic carbocycles. The Balaban J connectivity index is 1.07. The average Bonchev–Trinajstić information content (AvgIpc) is 2.91. The Labute approximate surface area is 205 Å². The van der Waals surface area contributed by atoms with Crippen molar-refractivity contribution < 1.29 is 13.9 Å². The summed E-state index contributed by atoms with van der Waals surface area (Å²) in [6.45, 7) is 5.73. The highest BCUT2D eigenvalue weighted by Gasteiger charge is 2.25. The monoisotopic (exact) mass is 474 g/mol. The molecule has 2 aromatic carbocycles. The molecule has 0 radical (unpaired) electrons. The molecule has 3 aromatic rings. The first-order valence-electron chi connectivity index (χ1n) is 12.3. The number of piperidine rings is 1. The van der Waals surface area contributed by atoms with Crippen LogP contribution >= 0.6 is 0 Å². The van der Waals surface area contributed by atoms with Gasteiger partial charge in [0.05, 0.1) is 5.69 Å². The van der Waals surface area contributed by atoms with Crippen molar-refractivity contribution in [2.75, 3.05) is 44.2 Å². The van der Waals surface area contributed by atoms with Gasteiger partial charge in [-0.15, -0.1) is 0 Å². The molecule has 3 heterocycles. The molecule has 1 amide bonds. The van der Waals surface area contributed by atoms with Gasteiger partial charge in [-0.2, -0.15) is 0 Å². The van der Waals surface area contributed by atoms with E-state index in [4.69, 9.17) is 4.74 Å². The number of carbonyl (C=O) groups is 1. The van der Waals surface area contributed by atoms with Gasteiger partial charge in [0.2, 0.25) is 0 Å². The Morgan fingerprint density at radius 3 is 2.26 bits per heavy atom. The number of carbonyl (C=O) groups excluding carboxylic acids is 1. The normalized spacial score (nSPS) is 17.4. The van der Waals surface area contributed by atoms with Gasteiger partial charge in [-0.1, -0.05) is 24.3 Å². The van der Waals surface area contributed by atoms with Crippen LogP contribution in [0.4, 0.5) is 10.1 Å². The fraction of sp³-hybridized carbons (Fsp3) is 0.357. The average molecular weight is 475 g/mol. The Kier molecular flexibility index (Phi) is 7.23. The van der Waals surface area contributed by atoms with Crippen LogP contribution in [0, 0.1) is 5.82 Å². The van der Waals surface area contributed by atoms with E-state index in [0.29, 0.717) is 24.3 Å². The van der Waals surface area contributed by atoms with E-state index in [1.54, 1.807) is 30.6 Å². The van der Waals surface area contributed by atoms with E-state index >= 15 is 0 Å². The van der Waals surface area contributed by atoms with Crippen LogP contribution < -0.4 is 9.64 Å². The van der Waals surface area contributed by atoms with Crippen LogP contribution in [0.25, 0.3) is 0 Å². The quantitative estimate of drug-likeness (QED) is 0.535. The summed E-state index contributed by atoms with van der Waals surface area (Å²) in [6.07, 6.45) is 5.07. The van der Waals surface area contributed by atoms with E-state index in [0.717, 1.165) is 51.3 Å².